The van der Waals surface area contributed by atoms with Gasteiger partial charge in [0.1, 0.15) is 10.8 Å². The van der Waals surface area contributed by atoms with Gasteiger partial charge in [-0.1, -0.05) is 30.3 Å². The molecule has 8 nitrogen and oxygen atoms in total. The number of alkyl halides is 3. The molecule has 0 saturated carbocycles. The van der Waals surface area contributed by atoms with Gasteiger partial charge in [-0.3, -0.25) is 9.59 Å². The SMILES string of the molecule is Cc1csc(C2CCCN2C(=O)c2cc(OC(F)(F)F)cc(C(=O)N[C@@H](Cc3ccccc3)[C@H](O)C3CCCN3)c2)n1. The molecule has 224 valence electrons. The predicted octanol–water partition coefficient (Wildman–Crippen LogP) is 4.78. The molecule has 2 amide bonds. The third kappa shape index (κ3) is 7.29. The van der Waals surface area contributed by atoms with Gasteiger partial charge in [0.25, 0.3) is 11.8 Å². The molecule has 0 radical (unpaired) electrons. The van der Waals surface area contributed by atoms with E-state index in [1.165, 1.54) is 17.4 Å². The maximum absolute atomic E-state index is 13.7. The highest BCUT2D eigenvalue weighted by atomic mass is 32.1. The van der Waals surface area contributed by atoms with Crippen LogP contribution in [0.3, 0.4) is 0 Å². The smallest absolute Gasteiger partial charge is 0.406 e. The third-order valence-corrected chi connectivity index (χ3v) is 8.69. The van der Waals surface area contributed by atoms with Gasteiger partial charge in [-0.25, -0.2) is 4.98 Å². The van der Waals surface area contributed by atoms with E-state index >= 15 is 0 Å². The van der Waals surface area contributed by atoms with Crippen molar-refractivity contribution in [3.8, 4) is 5.75 Å². The Morgan fingerprint density at radius 1 is 1.17 bits per heavy atom. The van der Waals surface area contributed by atoms with Crippen LogP contribution in [-0.4, -0.2) is 64.4 Å². The van der Waals surface area contributed by atoms with Crippen molar-refractivity contribution < 1.29 is 32.6 Å². The number of rotatable bonds is 9. The Bertz CT molecular complexity index is 1390. The van der Waals surface area contributed by atoms with Gasteiger partial charge in [0, 0.05) is 34.8 Å². The van der Waals surface area contributed by atoms with Gasteiger partial charge < -0.3 is 25.4 Å². The van der Waals surface area contributed by atoms with E-state index in [1.54, 1.807) is 4.90 Å². The molecule has 2 aromatic carbocycles. The molecule has 0 spiro atoms. The van der Waals surface area contributed by atoms with Crippen LogP contribution in [0.25, 0.3) is 0 Å². The van der Waals surface area contributed by atoms with E-state index in [9.17, 15) is 27.9 Å². The van der Waals surface area contributed by atoms with Gasteiger partial charge in [-0.05, 0) is 69.3 Å². The zero-order chi connectivity index (χ0) is 29.9. The maximum Gasteiger partial charge on any atom is 0.573 e. The summed E-state index contributed by atoms with van der Waals surface area (Å²) in [5.41, 5.74) is 1.43. The fourth-order valence-corrected chi connectivity index (χ4v) is 6.61. The molecule has 3 N–H and O–H groups in total. The average Bonchev–Trinajstić information content (AvgIpc) is 3.73. The molecule has 2 aliphatic rings. The molecule has 4 atom stereocenters. The van der Waals surface area contributed by atoms with Crippen molar-refractivity contribution in [3.63, 3.8) is 0 Å². The highest BCUT2D eigenvalue weighted by molar-refractivity contribution is 7.09. The Morgan fingerprint density at radius 3 is 2.60 bits per heavy atom. The zero-order valence-electron chi connectivity index (χ0n) is 23.1. The first-order valence-electron chi connectivity index (χ1n) is 14.0. The van der Waals surface area contributed by atoms with E-state index in [0.717, 1.165) is 54.2 Å². The molecule has 42 heavy (non-hydrogen) atoms. The van der Waals surface area contributed by atoms with Gasteiger partial charge in [0.05, 0.1) is 18.2 Å². The molecule has 3 aromatic rings. The fourth-order valence-electron chi connectivity index (χ4n) is 5.66. The van der Waals surface area contributed by atoms with Crippen molar-refractivity contribution in [2.24, 2.45) is 0 Å². The lowest BCUT2D eigenvalue weighted by Gasteiger charge is -2.29. The van der Waals surface area contributed by atoms with E-state index in [1.807, 2.05) is 42.6 Å². The van der Waals surface area contributed by atoms with Crippen molar-refractivity contribution in [2.45, 2.75) is 69.6 Å². The number of aliphatic hydroxyl groups is 1. The number of aromatic nitrogens is 1. The second kappa shape index (κ2) is 12.8. The van der Waals surface area contributed by atoms with Gasteiger partial charge in [-0.2, -0.15) is 0 Å². The minimum absolute atomic E-state index is 0.0975. The van der Waals surface area contributed by atoms with E-state index in [0.29, 0.717) is 19.4 Å². The molecule has 1 aromatic heterocycles. The summed E-state index contributed by atoms with van der Waals surface area (Å²) in [5, 5.41) is 19.9. The highest BCUT2D eigenvalue weighted by Crippen LogP contribution is 2.36. The van der Waals surface area contributed by atoms with Crippen molar-refractivity contribution in [1.29, 1.82) is 0 Å². The minimum atomic E-state index is -5.02. The predicted molar refractivity (Wildman–Crippen MR) is 151 cm³/mol. The molecule has 3 heterocycles. The summed E-state index contributed by atoms with van der Waals surface area (Å²) in [6.45, 7) is 3.01. The molecule has 5 rings (SSSR count). The van der Waals surface area contributed by atoms with Gasteiger partial charge >= 0.3 is 6.36 Å². The van der Waals surface area contributed by atoms with E-state index < -0.39 is 36.1 Å². The second-order valence-corrected chi connectivity index (χ2v) is 11.6. The van der Waals surface area contributed by atoms with E-state index in [2.05, 4.69) is 20.4 Å². The first-order chi connectivity index (χ1) is 20.1. The number of benzene rings is 2. The average molecular weight is 603 g/mol. The van der Waals surface area contributed by atoms with Crippen molar-refractivity contribution >= 4 is 23.2 Å². The number of aryl methyl sites for hydroxylation is 1. The highest BCUT2D eigenvalue weighted by Gasteiger charge is 2.36. The zero-order valence-corrected chi connectivity index (χ0v) is 23.9. The number of carbonyl (C=O) groups is 2. The van der Waals surface area contributed by atoms with Crippen LogP contribution in [0.15, 0.2) is 53.9 Å². The number of aliphatic hydroxyl groups excluding tert-OH is 1. The molecule has 12 heteroatoms. The number of carbonyl (C=O) groups excluding carboxylic acids is 2. The van der Waals surface area contributed by atoms with Crippen LogP contribution in [-0.2, 0) is 6.42 Å². The fraction of sp³-hybridized carbons (Fsp3) is 0.433. The first-order valence-corrected chi connectivity index (χ1v) is 14.9. The van der Waals surface area contributed by atoms with Crippen LogP contribution >= 0.6 is 11.3 Å². The first kappa shape index (κ1) is 30.0. The number of hydrogen-bond acceptors (Lipinski definition) is 7. The van der Waals surface area contributed by atoms with Crippen molar-refractivity contribution in [3.05, 3.63) is 81.3 Å². The molecule has 0 aliphatic carbocycles. The van der Waals surface area contributed by atoms with Crippen molar-refractivity contribution in [1.82, 2.24) is 20.5 Å². The molecular weight excluding hydrogens is 569 g/mol. The topological polar surface area (TPSA) is 104 Å². The quantitative estimate of drug-likeness (QED) is 0.326. The summed E-state index contributed by atoms with van der Waals surface area (Å²) < 4.78 is 43.9. The van der Waals surface area contributed by atoms with Gasteiger partial charge in [0.15, 0.2) is 0 Å². The summed E-state index contributed by atoms with van der Waals surface area (Å²) in [4.78, 5) is 33.3. The van der Waals surface area contributed by atoms with Crippen LogP contribution in [0.4, 0.5) is 13.2 Å². The molecule has 2 unspecified atom stereocenters. The van der Waals surface area contributed by atoms with Gasteiger partial charge in [0.2, 0.25) is 0 Å². The molecule has 2 fully saturated rings. The monoisotopic (exact) mass is 602 g/mol. The summed E-state index contributed by atoms with van der Waals surface area (Å²) in [7, 11) is 0. The van der Waals surface area contributed by atoms with Crippen LogP contribution in [0.2, 0.25) is 0 Å². The lowest BCUT2D eigenvalue weighted by Crippen LogP contribution is -2.52. The lowest BCUT2D eigenvalue weighted by atomic mass is 9.95. The number of hydrogen-bond donors (Lipinski definition) is 3. The van der Waals surface area contributed by atoms with Crippen molar-refractivity contribution in [2.75, 3.05) is 13.1 Å². The Labute approximate surface area is 245 Å². The summed E-state index contributed by atoms with van der Waals surface area (Å²) in [6, 6.07) is 11.3. The van der Waals surface area contributed by atoms with Crippen LogP contribution in [0.5, 0.6) is 5.75 Å². The largest absolute Gasteiger partial charge is 0.573 e. The second-order valence-electron chi connectivity index (χ2n) is 10.7. The van der Waals surface area contributed by atoms with Crippen LogP contribution < -0.4 is 15.4 Å². The number of halogens is 3. The van der Waals surface area contributed by atoms with E-state index in [-0.39, 0.29) is 23.2 Å². The number of nitrogens with zero attached hydrogens (tertiary/aromatic N) is 2. The molecule has 2 aliphatic heterocycles. The maximum atomic E-state index is 13.7. The van der Waals surface area contributed by atoms with Crippen LogP contribution in [0, 0.1) is 6.92 Å². The number of thiazole rings is 1. The van der Waals surface area contributed by atoms with E-state index in [4.69, 9.17) is 0 Å². The third-order valence-electron chi connectivity index (χ3n) is 7.62. The number of ether oxygens (including phenoxy) is 1. The summed E-state index contributed by atoms with van der Waals surface area (Å²) in [5.74, 6) is -1.90. The number of amides is 2. The normalized spacial score (nSPS) is 20.4. The van der Waals surface area contributed by atoms with Gasteiger partial charge in [-0.15, -0.1) is 24.5 Å². The Morgan fingerprint density at radius 2 is 1.93 bits per heavy atom. The standard InChI is InChI=1S/C30H33F3N4O4S/c1-18-17-42-28(35-18)25-10-6-12-37(25)29(40)21-14-20(15-22(16-21)41-30(31,32)33)27(39)36-24(13-19-7-3-2-4-8-19)26(38)23-9-5-11-34-23/h2-4,7-8,14-17,23-26,34,38H,5-6,9-13H2,1H3,(H,36,39)/t23?,24-,25?,26+/m0/s1. The lowest BCUT2D eigenvalue weighted by molar-refractivity contribution is -0.274. The molecule has 0 bridgehead atoms. The summed E-state index contributed by atoms with van der Waals surface area (Å²) in [6.07, 6.45) is -2.66. The Hall–Kier alpha value is -3.48. The minimum Gasteiger partial charge on any atom is -0.406 e. The Balaban J connectivity index is 1.43. The Kier molecular flexibility index (Phi) is 9.14. The molecular formula is C30H33F3N4O4S. The number of nitrogens with one attached hydrogen (secondary N) is 2. The summed E-state index contributed by atoms with van der Waals surface area (Å²) >= 11 is 1.43. The van der Waals surface area contributed by atoms with Crippen LogP contribution in [0.1, 0.15) is 68.7 Å². The molecule has 2 saturated heterocycles. The number of likely N-dealkylation sites (tertiary alicyclic amines) is 1.